The van der Waals surface area contributed by atoms with E-state index in [1.165, 1.54) is 42.2 Å². The molecule has 0 radical (unpaired) electrons. The minimum atomic E-state index is -0.556. The molecule has 2 aromatic carbocycles. The Kier molecular flexibility index (Phi) is 5.05. The minimum absolute atomic E-state index is 0.00527. The molecule has 2 aromatic rings. The molecular weight excluding hydrogens is 327 g/mol. The maximum absolute atomic E-state index is 13.7. The number of benzene rings is 2. The molecule has 3 rings (SSSR count). The fourth-order valence-electron chi connectivity index (χ4n) is 3.07. The smallest absolute Gasteiger partial charge is 0.319 e. The van der Waals surface area contributed by atoms with Crippen LogP contribution in [0.2, 0.25) is 5.02 Å². The standard InChI is InChI=1S/C19H20ClFN2O/c1-12(14-10-9-13-5-2-3-6-15(13)11-14)22-19(24)23-18-16(20)7-4-8-17(18)21/h4,7-12H,2-3,5-6H2,1H3,(H2,22,23,24). The van der Waals surface area contributed by atoms with Gasteiger partial charge in [-0.15, -0.1) is 0 Å². The number of rotatable bonds is 3. The summed E-state index contributed by atoms with van der Waals surface area (Å²) in [4.78, 5) is 12.1. The summed E-state index contributed by atoms with van der Waals surface area (Å²) in [5.41, 5.74) is 3.81. The van der Waals surface area contributed by atoms with Crippen LogP contribution in [0.4, 0.5) is 14.9 Å². The summed E-state index contributed by atoms with van der Waals surface area (Å²) < 4.78 is 13.7. The average molecular weight is 347 g/mol. The number of amides is 2. The third-order valence-electron chi connectivity index (χ3n) is 4.42. The summed E-state index contributed by atoms with van der Waals surface area (Å²) in [6.07, 6.45) is 4.67. The van der Waals surface area contributed by atoms with Gasteiger partial charge in [0.2, 0.25) is 0 Å². The first-order valence-electron chi connectivity index (χ1n) is 8.18. The van der Waals surface area contributed by atoms with Crippen molar-refractivity contribution in [3.8, 4) is 0 Å². The lowest BCUT2D eigenvalue weighted by molar-refractivity contribution is 0.249. The van der Waals surface area contributed by atoms with Gasteiger partial charge in [-0.1, -0.05) is 35.9 Å². The average Bonchev–Trinajstić information content (AvgIpc) is 2.58. The van der Waals surface area contributed by atoms with Crippen LogP contribution in [0.5, 0.6) is 0 Å². The van der Waals surface area contributed by atoms with E-state index in [-0.39, 0.29) is 16.8 Å². The van der Waals surface area contributed by atoms with Gasteiger partial charge in [-0.05, 0) is 61.4 Å². The molecule has 0 spiro atoms. The predicted octanol–water partition coefficient (Wildman–Crippen LogP) is 5.24. The van der Waals surface area contributed by atoms with Crippen LogP contribution in [-0.4, -0.2) is 6.03 Å². The van der Waals surface area contributed by atoms with E-state index in [1.807, 2.05) is 13.0 Å². The lowest BCUT2D eigenvalue weighted by Crippen LogP contribution is -2.31. The lowest BCUT2D eigenvalue weighted by atomic mass is 9.89. The van der Waals surface area contributed by atoms with E-state index >= 15 is 0 Å². The molecule has 0 bridgehead atoms. The molecule has 0 saturated heterocycles. The summed E-state index contributed by atoms with van der Waals surface area (Å²) in [7, 11) is 0. The summed E-state index contributed by atoms with van der Waals surface area (Å²) in [6.45, 7) is 1.91. The summed E-state index contributed by atoms with van der Waals surface area (Å²) in [6, 6.07) is 9.99. The summed E-state index contributed by atoms with van der Waals surface area (Å²) in [5.74, 6) is -0.556. The van der Waals surface area contributed by atoms with Gasteiger partial charge in [0.25, 0.3) is 0 Å². The number of aryl methyl sites for hydroxylation is 2. The Morgan fingerprint density at radius 2 is 1.92 bits per heavy atom. The van der Waals surface area contributed by atoms with Gasteiger partial charge in [-0.25, -0.2) is 9.18 Å². The molecule has 1 aliphatic rings. The van der Waals surface area contributed by atoms with Gasteiger partial charge >= 0.3 is 6.03 Å². The van der Waals surface area contributed by atoms with Crippen LogP contribution in [0.15, 0.2) is 36.4 Å². The van der Waals surface area contributed by atoms with Gasteiger partial charge in [-0.3, -0.25) is 0 Å². The second-order valence-corrected chi connectivity index (χ2v) is 6.56. The van der Waals surface area contributed by atoms with Crippen molar-refractivity contribution in [3.05, 3.63) is 63.9 Å². The quantitative estimate of drug-likeness (QED) is 0.783. The van der Waals surface area contributed by atoms with E-state index in [2.05, 4.69) is 22.8 Å². The molecule has 2 N–H and O–H groups in total. The molecule has 0 aliphatic heterocycles. The lowest BCUT2D eigenvalue weighted by Gasteiger charge is -2.20. The van der Waals surface area contributed by atoms with Gasteiger partial charge in [0.15, 0.2) is 0 Å². The van der Waals surface area contributed by atoms with Crippen molar-refractivity contribution in [2.75, 3.05) is 5.32 Å². The van der Waals surface area contributed by atoms with E-state index < -0.39 is 11.8 Å². The molecule has 1 aliphatic carbocycles. The van der Waals surface area contributed by atoms with Gasteiger partial charge in [0.05, 0.1) is 16.8 Å². The monoisotopic (exact) mass is 346 g/mol. The Labute approximate surface area is 146 Å². The highest BCUT2D eigenvalue weighted by molar-refractivity contribution is 6.33. The predicted molar refractivity (Wildman–Crippen MR) is 95.1 cm³/mol. The number of anilines is 1. The largest absolute Gasteiger partial charge is 0.331 e. The highest BCUT2D eigenvalue weighted by Crippen LogP contribution is 2.26. The van der Waals surface area contributed by atoms with Crippen LogP contribution < -0.4 is 10.6 Å². The molecule has 0 saturated carbocycles. The van der Waals surface area contributed by atoms with Crippen molar-refractivity contribution in [3.63, 3.8) is 0 Å². The van der Waals surface area contributed by atoms with Crippen molar-refractivity contribution in [2.45, 2.75) is 38.6 Å². The first kappa shape index (κ1) is 16.8. The van der Waals surface area contributed by atoms with E-state index in [0.29, 0.717) is 0 Å². The molecule has 24 heavy (non-hydrogen) atoms. The van der Waals surface area contributed by atoms with Crippen molar-refractivity contribution in [1.29, 1.82) is 0 Å². The zero-order valence-electron chi connectivity index (χ0n) is 13.5. The van der Waals surface area contributed by atoms with E-state index in [9.17, 15) is 9.18 Å². The third-order valence-corrected chi connectivity index (χ3v) is 4.74. The van der Waals surface area contributed by atoms with Gasteiger partial charge in [0, 0.05) is 0 Å². The van der Waals surface area contributed by atoms with Gasteiger partial charge in [-0.2, -0.15) is 0 Å². The molecule has 0 fully saturated rings. The molecule has 0 heterocycles. The first-order valence-corrected chi connectivity index (χ1v) is 8.55. The number of nitrogens with one attached hydrogen (secondary N) is 2. The van der Waals surface area contributed by atoms with Crippen molar-refractivity contribution >= 4 is 23.3 Å². The normalized spacial score (nSPS) is 14.6. The third kappa shape index (κ3) is 3.70. The van der Waals surface area contributed by atoms with Crippen molar-refractivity contribution in [2.24, 2.45) is 0 Å². The molecule has 3 nitrogen and oxygen atoms in total. The molecule has 1 unspecified atom stereocenters. The van der Waals surface area contributed by atoms with Gasteiger partial charge in [0.1, 0.15) is 5.82 Å². The fourth-order valence-corrected chi connectivity index (χ4v) is 3.28. The van der Waals surface area contributed by atoms with Gasteiger partial charge < -0.3 is 10.6 Å². The van der Waals surface area contributed by atoms with Crippen LogP contribution >= 0.6 is 11.6 Å². The zero-order chi connectivity index (χ0) is 17.1. The highest BCUT2D eigenvalue weighted by Gasteiger charge is 2.16. The van der Waals surface area contributed by atoms with Crippen LogP contribution in [0.3, 0.4) is 0 Å². The topological polar surface area (TPSA) is 41.1 Å². The van der Waals surface area contributed by atoms with Crippen LogP contribution in [0.25, 0.3) is 0 Å². The van der Waals surface area contributed by atoms with E-state index in [0.717, 1.165) is 18.4 Å². The molecule has 5 heteroatoms. The number of hydrogen-bond donors (Lipinski definition) is 2. The van der Waals surface area contributed by atoms with Crippen molar-refractivity contribution in [1.82, 2.24) is 5.32 Å². The Morgan fingerprint density at radius 1 is 1.17 bits per heavy atom. The maximum atomic E-state index is 13.7. The second kappa shape index (κ2) is 7.22. The SMILES string of the molecule is CC(NC(=O)Nc1c(F)cccc1Cl)c1ccc2c(c1)CCCC2. The van der Waals surface area contributed by atoms with Crippen LogP contribution in [-0.2, 0) is 12.8 Å². The van der Waals surface area contributed by atoms with Crippen LogP contribution in [0, 0.1) is 5.82 Å². The Morgan fingerprint density at radius 3 is 2.67 bits per heavy atom. The second-order valence-electron chi connectivity index (χ2n) is 6.15. The minimum Gasteiger partial charge on any atom is -0.331 e. The maximum Gasteiger partial charge on any atom is 0.319 e. The fraction of sp³-hybridized carbons (Fsp3) is 0.316. The Hall–Kier alpha value is -2.07. The zero-order valence-corrected chi connectivity index (χ0v) is 14.3. The Balaban J connectivity index is 1.68. The Bertz CT molecular complexity index is 743. The van der Waals surface area contributed by atoms with Crippen molar-refractivity contribution < 1.29 is 9.18 Å². The highest BCUT2D eigenvalue weighted by atomic mass is 35.5. The first-order chi connectivity index (χ1) is 11.5. The molecule has 0 aromatic heterocycles. The number of halogens is 2. The number of hydrogen-bond acceptors (Lipinski definition) is 1. The number of fused-ring (bicyclic) bond motifs is 1. The number of carbonyl (C=O) groups is 1. The van der Waals surface area contributed by atoms with Crippen LogP contribution in [0.1, 0.15) is 42.5 Å². The molecule has 1 atom stereocenters. The molecule has 126 valence electrons. The summed E-state index contributed by atoms with van der Waals surface area (Å²) in [5, 5.41) is 5.49. The summed E-state index contributed by atoms with van der Waals surface area (Å²) >= 11 is 5.92. The number of carbonyl (C=O) groups excluding carboxylic acids is 1. The number of para-hydroxylation sites is 1. The van der Waals surface area contributed by atoms with E-state index in [4.69, 9.17) is 11.6 Å². The van der Waals surface area contributed by atoms with E-state index in [1.54, 1.807) is 0 Å². The number of urea groups is 1. The molecule has 2 amide bonds. The molecular formula is C19H20ClFN2O.